The van der Waals surface area contributed by atoms with Crippen LogP contribution in [0.5, 0.6) is 0 Å². The standard InChI is InChI=1S/C14H27N3/c1-2-8-17-9-3-4-13(14(17)5-1)12-16-10-6-15-7-11-16/h13-15H,1-12H2/t13-,14+/m1/s1. The Morgan fingerprint density at radius 2 is 1.71 bits per heavy atom. The third-order valence-electron chi connectivity index (χ3n) is 4.93. The van der Waals surface area contributed by atoms with E-state index in [4.69, 9.17) is 0 Å². The summed E-state index contributed by atoms with van der Waals surface area (Å²) in [5.41, 5.74) is 0. The maximum absolute atomic E-state index is 3.46. The number of nitrogens with zero attached hydrogens (tertiary/aromatic N) is 2. The van der Waals surface area contributed by atoms with Crippen LogP contribution in [-0.4, -0.2) is 61.7 Å². The highest BCUT2D eigenvalue weighted by atomic mass is 15.2. The topological polar surface area (TPSA) is 18.5 Å². The van der Waals surface area contributed by atoms with Crippen LogP contribution in [0.25, 0.3) is 0 Å². The van der Waals surface area contributed by atoms with Gasteiger partial charge in [0, 0.05) is 38.8 Å². The Morgan fingerprint density at radius 3 is 2.59 bits per heavy atom. The fourth-order valence-electron chi connectivity index (χ4n) is 4.02. The van der Waals surface area contributed by atoms with Gasteiger partial charge in [-0.2, -0.15) is 0 Å². The number of fused-ring (bicyclic) bond motifs is 1. The first-order valence-electron chi connectivity index (χ1n) is 7.60. The van der Waals surface area contributed by atoms with Crippen molar-refractivity contribution in [3.05, 3.63) is 0 Å². The average molecular weight is 237 g/mol. The summed E-state index contributed by atoms with van der Waals surface area (Å²) in [7, 11) is 0. The molecule has 3 rings (SSSR count). The van der Waals surface area contributed by atoms with Gasteiger partial charge >= 0.3 is 0 Å². The third-order valence-corrected chi connectivity index (χ3v) is 4.93. The Labute approximate surface area is 106 Å². The molecule has 1 N–H and O–H groups in total. The lowest BCUT2D eigenvalue weighted by Gasteiger charge is -2.46. The predicted octanol–water partition coefficient (Wildman–Crippen LogP) is 1.16. The van der Waals surface area contributed by atoms with Gasteiger partial charge in [0.15, 0.2) is 0 Å². The number of piperidine rings is 2. The van der Waals surface area contributed by atoms with Crippen molar-refractivity contribution in [1.29, 1.82) is 0 Å². The van der Waals surface area contributed by atoms with Gasteiger partial charge in [0.05, 0.1) is 0 Å². The maximum Gasteiger partial charge on any atom is 0.0136 e. The van der Waals surface area contributed by atoms with Gasteiger partial charge in [-0.25, -0.2) is 0 Å². The molecular weight excluding hydrogens is 210 g/mol. The quantitative estimate of drug-likeness (QED) is 0.777. The van der Waals surface area contributed by atoms with Crippen LogP contribution in [0.3, 0.4) is 0 Å². The van der Waals surface area contributed by atoms with Gasteiger partial charge in [0.2, 0.25) is 0 Å². The van der Waals surface area contributed by atoms with Crippen molar-refractivity contribution in [3.63, 3.8) is 0 Å². The average Bonchev–Trinajstić information content (AvgIpc) is 2.40. The van der Waals surface area contributed by atoms with Gasteiger partial charge in [-0.3, -0.25) is 0 Å². The van der Waals surface area contributed by atoms with Gasteiger partial charge in [-0.15, -0.1) is 0 Å². The third kappa shape index (κ3) is 2.83. The molecule has 3 heterocycles. The second-order valence-corrected chi connectivity index (χ2v) is 6.05. The van der Waals surface area contributed by atoms with Gasteiger partial charge in [0.1, 0.15) is 0 Å². The molecular formula is C14H27N3. The summed E-state index contributed by atoms with van der Waals surface area (Å²) in [5.74, 6) is 0.960. The molecule has 0 spiro atoms. The monoisotopic (exact) mass is 237 g/mol. The van der Waals surface area contributed by atoms with E-state index in [1.807, 2.05) is 0 Å². The fourth-order valence-corrected chi connectivity index (χ4v) is 4.02. The van der Waals surface area contributed by atoms with Crippen LogP contribution in [0, 0.1) is 5.92 Å². The second kappa shape index (κ2) is 5.68. The highest BCUT2D eigenvalue weighted by Gasteiger charge is 2.33. The zero-order valence-corrected chi connectivity index (χ0v) is 11.0. The molecule has 0 aromatic carbocycles. The van der Waals surface area contributed by atoms with E-state index in [0.717, 1.165) is 12.0 Å². The summed E-state index contributed by atoms with van der Waals surface area (Å²) in [5, 5.41) is 3.46. The lowest BCUT2D eigenvalue weighted by Crippen LogP contribution is -2.53. The van der Waals surface area contributed by atoms with Crippen LogP contribution in [0.15, 0.2) is 0 Å². The first kappa shape index (κ1) is 11.9. The minimum absolute atomic E-state index is 0.924. The Bertz CT molecular complexity index is 236. The van der Waals surface area contributed by atoms with Gasteiger partial charge in [-0.05, 0) is 44.7 Å². The summed E-state index contributed by atoms with van der Waals surface area (Å²) >= 11 is 0. The van der Waals surface area contributed by atoms with Crippen LogP contribution in [-0.2, 0) is 0 Å². The molecule has 17 heavy (non-hydrogen) atoms. The maximum atomic E-state index is 3.46. The van der Waals surface area contributed by atoms with Crippen molar-refractivity contribution in [2.24, 2.45) is 5.92 Å². The zero-order valence-electron chi connectivity index (χ0n) is 11.0. The fraction of sp³-hybridized carbons (Fsp3) is 1.00. The van der Waals surface area contributed by atoms with Crippen LogP contribution in [0.4, 0.5) is 0 Å². The molecule has 0 aromatic rings. The normalized spacial score (nSPS) is 36.7. The highest BCUT2D eigenvalue weighted by Crippen LogP contribution is 2.31. The first-order valence-corrected chi connectivity index (χ1v) is 7.60. The van der Waals surface area contributed by atoms with Crippen molar-refractivity contribution in [2.75, 3.05) is 45.8 Å². The molecule has 3 saturated heterocycles. The lowest BCUT2D eigenvalue weighted by molar-refractivity contribution is 0.0383. The van der Waals surface area contributed by atoms with Crippen LogP contribution in [0.2, 0.25) is 0 Å². The van der Waals surface area contributed by atoms with Crippen molar-refractivity contribution in [1.82, 2.24) is 15.1 Å². The molecule has 3 fully saturated rings. The molecule has 3 aliphatic heterocycles. The van der Waals surface area contributed by atoms with Gasteiger partial charge in [-0.1, -0.05) is 6.42 Å². The molecule has 98 valence electrons. The van der Waals surface area contributed by atoms with E-state index in [9.17, 15) is 0 Å². The van der Waals surface area contributed by atoms with Crippen LogP contribution < -0.4 is 5.32 Å². The van der Waals surface area contributed by atoms with Crippen LogP contribution >= 0.6 is 0 Å². The number of rotatable bonds is 2. The molecule has 2 atom stereocenters. The molecule has 0 bridgehead atoms. The predicted molar refractivity (Wildman–Crippen MR) is 71.2 cm³/mol. The van der Waals surface area contributed by atoms with E-state index in [2.05, 4.69) is 15.1 Å². The van der Waals surface area contributed by atoms with E-state index in [1.165, 1.54) is 77.9 Å². The molecule has 3 aliphatic rings. The number of hydrogen-bond donors (Lipinski definition) is 1. The molecule has 3 heteroatoms. The summed E-state index contributed by atoms with van der Waals surface area (Å²) in [6.45, 7) is 9.04. The number of piperazine rings is 1. The molecule has 0 amide bonds. The van der Waals surface area contributed by atoms with E-state index in [-0.39, 0.29) is 0 Å². The smallest absolute Gasteiger partial charge is 0.0136 e. The molecule has 0 aromatic heterocycles. The minimum Gasteiger partial charge on any atom is -0.314 e. The Balaban J connectivity index is 1.56. The molecule has 0 aliphatic carbocycles. The molecule has 0 saturated carbocycles. The first-order chi connectivity index (χ1) is 8.43. The van der Waals surface area contributed by atoms with E-state index >= 15 is 0 Å². The van der Waals surface area contributed by atoms with E-state index in [0.29, 0.717) is 0 Å². The summed E-state index contributed by atoms with van der Waals surface area (Å²) < 4.78 is 0. The molecule has 0 radical (unpaired) electrons. The van der Waals surface area contributed by atoms with E-state index in [1.54, 1.807) is 0 Å². The minimum atomic E-state index is 0.924. The zero-order chi connectivity index (χ0) is 11.5. The van der Waals surface area contributed by atoms with E-state index < -0.39 is 0 Å². The van der Waals surface area contributed by atoms with Crippen molar-refractivity contribution < 1.29 is 0 Å². The summed E-state index contributed by atoms with van der Waals surface area (Å²) in [6.07, 6.45) is 7.30. The molecule has 0 unspecified atom stereocenters. The number of nitrogens with one attached hydrogen (secondary N) is 1. The Kier molecular flexibility index (Phi) is 3.99. The van der Waals surface area contributed by atoms with Gasteiger partial charge in [0.25, 0.3) is 0 Å². The number of hydrogen-bond acceptors (Lipinski definition) is 3. The lowest BCUT2D eigenvalue weighted by atomic mass is 9.83. The summed E-state index contributed by atoms with van der Waals surface area (Å²) in [4.78, 5) is 5.49. The van der Waals surface area contributed by atoms with Gasteiger partial charge < -0.3 is 15.1 Å². The SMILES string of the molecule is C1CCN2CCC[C@H](CN3CCNCC3)[C@@H]2C1. The van der Waals surface area contributed by atoms with Crippen molar-refractivity contribution in [2.45, 2.75) is 38.1 Å². The Morgan fingerprint density at radius 1 is 0.882 bits per heavy atom. The largest absolute Gasteiger partial charge is 0.314 e. The van der Waals surface area contributed by atoms with Crippen LogP contribution in [0.1, 0.15) is 32.1 Å². The summed E-state index contributed by atoms with van der Waals surface area (Å²) in [6, 6.07) is 0.924. The highest BCUT2D eigenvalue weighted by molar-refractivity contribution is 4.89. The molecule has 3 nitrogen and oxygen atoms in total. The Hall–Kier alpha value is -0.120. The second-order valence-electron chi connectivity index (χ2n) is 6.05. The van der Waals surface area contributed by atoms with Crippen molar-refractivity contribution in [3.8, 4) is 0 Å². The van der Waals surface area contributed by atoms with Crippen molar-refractivity contribution >= 4 is 0 Å².